The molecular formula is C17H19N5O. The first-order valence-electron chi connectivity index (χ1n) is 7.92. The lowest BCUT2D eigenvalue weighted by atomic mass is 10.2. The van der Waals surface area contributed by atoms with Gasteiger partial charge in [0.05, 0.1) is 23.4 Å². The molecule has 3 aromatic rings. The highest BCUT2D eigenvalue weighted by Gasteiger charge is 2.17. The Morgan fingerprint density at radius 2 is 2.30 bits per heavy atom. The minimum Gasteiger partial charge on any atom is -0.376 e. The quantitative estimate of drug-likeness (QED) is 0.803. The highest BCUT2D eigenvalue weighted by molar-refractivity contribution is 5.87. The van der Waals surface area contributed by atoms with Crippen LogP contribution in [0.3, 0.4) is 0 Å². The number of benzene rings is 1. The highest BCUT2D eigenvalue weighted by Crippen LogP contribution is 2.22. The lowest BCUT2D eigenvalue weighted by Crippen LogP contribution is -2.19. The van der Waals surface area contributed by atoms with E-state index < -0.39 is 0 Å². The van der Waals surface area contributed by atoms with Crippen molar-refractivity contribution in [2.45, 2.75) is 25.9 Å². The van der Waals surface area contributed by atoms with Gasteiger partial charge in [0.2, 0.25) is 0 Å². The molecule has 1 N–H and O–H groups in total. The van der Waals surface area contributed by atoms with Crippen LogP contribution in [0.25, 0.3) is 16.7 Å². The molecule has 1 unspecified atom stereocenters. The average molecular weight is 309 g/mol. The van der Waals surface area contributed by atoms with Crippen LogP contribution in [0.5, 0.6) is 0 Å². The molecule has 118 valence electrons. The first kappa shape index (κ1) is 14.1. The minimum atomic E-state index is 0.270. The van der Waals surface area contributed by atoms with E-state index in [4.69, 9.17) is 4.74 Å². The predicted octanol–water partition coefficient (Wildman–Crippen LogP) is 2.71. The van der Waals surface area contributed by atoms with Gasteiger partial charge in [0, 0.05) is 13.2 Å². The second kappa shape index (κ2) is 5.96. The molecule has 2 aromatic heterocycles. The molecule has 0 spiro atoms. The number of hydrogen-bond acceptors (Lipinski definition) is 5. The third-order valence-corrected chi connectivity index (χ3v) is 4.13. The number of hydrogen-bond donors (Lipinski definition) is 1. The Balaban J connectivity index is 1.66. The summed E-state index contributed by atoms with van der Waals surface area (Å²) in [7, 11) is 0. The van der Waals surface area contributed by atoms with Crippen molar-refractivity contribution in [1.29, 1.82) is 0 Å². The van der Waals surface area contributed by atoms with Gasteiger partial charge in [-0.25, -0.2) is 14.6 Å². The van der Waals surface area contributed by atoms with Crippen molar-refractivity contribution in [3.8, 4) is 5.69 Å². The van der Waals surface area contributed by atoms with Crippen molar-refractivity contribution in [3.05, 3.63) is 42.4 Å². The van der Waals surface area contributed by atoms with Gasteiger partial charge in [0.25, 0.3) is 0 Å². The van der Waals surface area contributed by atoms with Crippen LogP contribution in [0.15, 0.2) is 36.8 Å². The number of nitrogens with zero attached hydrogens (tertiary/aromatic N) is 4. The maximum Gasteiger partial charge on any atom is 0.168 e. The number of fused-ring (bicyclic) bond motifs is 1. The van der Waals surface area contributed by atoms with Crippen LogP contribution in [0, 0.1) is 6.92 Å². The summed E-state index contributed by atoms with van der Waals surface area (Å²) < 4.78 is 7.50. The van der Waals surface area contributed by atoms with E-state index in [-0.39, 0.29) is 6.10 Å². The molecule has 0 aliphatic carbocycles. The van der Waals surface area contributed by atoms with Crippen molar-refractivity contribution in [1.82, 2.24) is 19.7 Å². The van der Waals surface area contributed by atoms with Gasteiger partial charge in [-0.2, -0.15) is 5.10 Å². The molecule has 1 aromatic carbocycles. The van der Waals surface area contributed by atoms with Crippen LogP contribution in [-0.2, 0) is 4.74 Å². The Kier molecular flexibility index (Phi) is 3.67. The molecule has 6 heteroatoms. The van der Waals surface area contributed by atoms with Crippen molar-refractivity contribution >= 4 is 16.9 Å². The summed E-state index contributed by atoms with van der Waals surface area (Å²) in [4.78, 5) is 8.77. The molecule has 6 nitrogen and oxygen atoms in total. The smallest absolute Gasteiger partial charge is 0.168 e. The standard InChI is InChI=1S/C17H19N5O/c1-12-4-2-5-13(8-12)22-17-15(10-21-22)16(19-11-20-17)18-9-14-6-3-7-23-14/h2,4-5,8,10-11,14H,3,6-7,9H2,1H3,(H,18,19,20). The van der Waals surface area contributed by atoms with Gasteiger partial charge in [-0.3, -0.25) is 0 Å². The minimum absolute atomic E-state index is 0.270. The van der Waals surface area contributed by atoms with Gasteiger partial charge in [-0.05, 0) is 37.5 Å². The molecule has 0 amide bonds. The Bertz CT molecular complexity index is 823. The van der Waals surface area contributed by atoms with Crippen LogP contribution in [0.4, 0.5) is 5.82 Å². The number of aromatic nitrogens is 4. The summed E-state index contributed by atoms with van der Waals surface area (Å²) in [5.74, 6) is 0.810. The van der Waals surface area contributed by atoms with E-state index in [1.54, 1.807) is 6.33 Å². The van der Waals surface area contributed by atoms with Crippen LogP contribution >= 0.6 is 0 Å². The van der Waals surface area contributed by atoms with Gasteiger partial charge >= 0.3 is 0 Å². The number of nitrogens with one attached hydrogen (secondary N) is 1. The van der Waals surface area contributed by atoms with E-state index in [1.807, 2.05) is 23.0 Å². The summed E-state index contributed by atoms with van der Waals surface area (Å²) in [6.07, 6.45) is 5.90. The number of aryl methyl sites for hydroxylation is 1. The second-order valence-corrected chi connectivity index (χ2v) is 5.87. The molecule has 1 atom stereocenters. The summed E-state index contributed by atoms with van der Waals surface area (Å²) in [5, 5.41) is 8.79. The molecule has 3 heterocycles. The maximum absolute atomic E-state index is 5.65. The fourth-order valence-corrected chi connectivity index (χ4v) is 2.95. The Morgan fingerprint density at radius 1 is 1.35 bits per heavy atom. The Hall–Kier alpha value is -2.47. The average Bonchev–Trinajstić information content (AvgIpc) is 3.22. The van der Waals surface area contributed by atoms with Crippen molar-refractivity contribution in [2.24, 2.45) is 0 Å². The largest absolute Gasteiger partial charge is 0.376 e. The zero-order valence-electron chi connectivity index (χ0n) is 13.1. The van der Waals surface area contributed by atoms with Gasteiger partial charge in [0.15, 0.2) is 5.65 Å². The van der Waals surface area contributed by atoms with Crippen molar-refractivity contribution < 1.29 is 4.74 Å². The monoisotopic (exact) mass is 309 g/mol. The third kappa shape index (κ3) is 2.77. The highest BCUT2D eigenvalue weighted by atomic mass is 16.5. The summed E-state index contributed by atoms with van der Waals surface area (Å²) in [6, 6.07) is 8.21. The predicted molar refractivity (Wildman–Crippen MR) is 88.9 cm³/mol. The lowest BCUT2D eigenvalue weighted by molar-refractivity contribution is 0.120. The van der Waals surface area contributed by atoms with E-state index >= 15 is 0 Å². The fourth-order valence-electron chi connectivity index (χ4n) is 2.95. The third-order valence-electron chi connectivity index (χ3n) is 4.13. The Labute approximate surface area is 134 Å². The zero-order chi connectivity index (χ0) is 15.6. The Morgan fingerprint density at radius 3 is 3.13 bits per heavy atom. The topological polar surface area (TPSA) is 64.9 Å². The second-order valence-electron chi connectivity index (χ2n) is 5.87. The molecule has 1 saturated heterocycles. The molecule has 23 heavy (non-hydrogen) atoms. The number of ether oxygens (including phenoxy) is 1. The van der Waals surface area contributed by atoms with Crippen molar-refractivity contribution in [3.63, 3.8) is 0 Å². The van der Waals surface area contributed by atoms with Gasteiger partial charge < -0.3 is 10.1 Å². The van der Waals surface area contributed by atoms with E-state index in [9.17, 15) is 0 Å². The molecule has 1 aliphatic rings. The molecule has 0 radical (unpaired) electrons. The summed E-state index contributed by atoms with van der Waals surface area (Å²) in [6.45, 7) is 3.69. The van der Waals surface area contributed by atoms with Gasteiger partial charge in [-0.1, -0.05) is 12.1 Å². The molecule has 1 aliphatic heterocycles. The first-order chi connectivity index (χ1) is 11.3. The fraction of sp³-hybridized carbons (Fsp3) is 0.353. The maximum atomic E-state index is 5.65. The van der Waals surface area contributed by atoms with E-state index in [0.29, 0.717) is 0 Å². The van der Waals surface area contributed by atoms with E-state index in [2.05, 4.69) is 39.4 Å². The van der Waals surface area contributed by atoms with Crippen LogP contribution < -0.4 is 5.32 Å². The first-order valence-corrected chi connectivity index (χ1v) is 7.92. The van der Waals surface area contributed by atoms with E-state index in [0.717, 1.165) is 48.5 Å². The summed E-state index contributed by atoms with van der Waals surface area (Å²) >= 11 is 0. The van der Waals surface area contributed by atoms with Crippen LogP contribution in [0.1, 0.15) is 18.4 Å². The number of anilines is 1. The molecule has 0 saturated carbocycles. The van der Waals surface area contributed by atoms with Crippen LogP contribution in [0.2, 0.25) is 0 Å². The van der Waals surface area contributed by atoms with Gasteiger partial charge in [0.1, 0.15) is 12.1 Å². The molecule has 4 rings (SSSR count). The normalized spacial score (nSPS) is 17.7. The molecule has 1 fully saturated rings. The summed E-state index contributed by atoms with van der Waals surface area (Å²) in [5.41, 5.74) is 3.00. The van der Waals surface area contributed by atoms with Gasteiger partial charge in [-0.15, -0.1) is 0 Å². The number of rotatable bonds is 4. The SMILES string of the molecule is Cc1cccc(-n2ncc3c(NCC4CCCO4)ncnc32)c1. The van der Waals surface area contributed by atoms with Crippen LogP contribution in [-0.4, -0.2) is 39.0 Å². The zero-order valence-corrected chi connectivity index (χ0v) is 13.1. The molecular weight excluding hydrogens is 290 g/mol. The van der Waals surface area contributed by atoms with E-state index in [1.165, 1.54) is 5.56 Å². The molecule has 0 bridgehead atoms. The van der Waals surface area contributed by atoms with Crippen molar-refractivity contribution in [2.75, 3.05) is 18.5 Å². The lowest BCUT2D eigenvalue weighted by Gasteiger charge is -2.11.